The average Bonchev–Trinajstić information content (AvgIpc) is 2.68. The van der Waals surface area contributed by atoms with Gasteiger partial charge in [-0.3, -0.25) is 4.98 Å². The van der Waals surface area contributed by atoms with Crippen molar-refractivity contribution in [2.45, 2.75) is 24.9 Å². The fourth-order valence-corrected chi connectivity index (χ4v) is 2.88. The first-order chi connectivity index (χ1) is 8.65. The maximum Gasteiger partial charge on any atom is 0.0783 e. The molecule has 1 N–H and O–H groups in total. The molecule has 1 aliphatic carbocycles. The Balaban J connectivity index is 1.80. The van der Waals surface area contributed by atoms with Crippen molar-refractivity contribution >= 4 is 15.9 Å². The molecule has 1 aliphatic rings. The van der Waals surface area contributed by atoms with Crippen LogP contribution >= 0.6 is 15.9 Å². The number of fused-ring (bicyclic) bond motifs is 1. The van der Waals surface area contributed by atoms with E-state index in [1.54, 1.807) is 6.20 Å². The minimum atomic E-state index is -0.676. The summed E-state index contributed by atoms with van der Waals surface area (Å²) in [5.41, 5.74) is 2.78. The number of hydrogen-bond donors (Lipinski definition) is 1. The minimum Gasteiger partial charge on any atom is -0.389 e. The van der Waals surface area contributed by atoms with Crippen LogP contribution in [0.15, 0.2) is 47.1 Å². The molecule has 3 heteroatoms. The summed E-state index contributed by atoms with van der Waals surface area (Å²) in [4.78, 5) is 4.34. The van der Waals surface area contributed by atoms with Crippen LogP contribution in [0.2, 0.25) is 0 Å². The second-order valence-corrected chi connectivity index (χ2v) is 5.91. The predicted octanol–water partition coefficient (Wildman–Crippen LogP) is 2.92. The summed E-state index contributed by atoms with van der Waals surface area (Å²) < 4.78 is 0.966. The van der Waals surface area contributed by atoms with Crippen LogP contribution < -0.4 is 0 Å². The van der Waals surface area contributed by atoms with E-state index in [1.807, 2.05) is 24.3 Å². The van der Waals surface area contributed by atoms with E-state index >= 15 is 0 Å². The number of halogens is 1. The molecule has 18 heavy (non-hydrogen) atoms. The van der Waals surface area contributed by atoms with Gasteiger partial charge in [-0.25, -0.2) is 0 Å². The number of rotatable bonds is 2. The smallest absolute Gasteiger partial charge is 0.0783 e. The lowest BCUT2D eigenvalue weighted by Crippen LogP contribution is -2.32. The van der Waals surface area contributed by atoms with Crippen molar-refractivity contribution in [1.29, 1.82) is 0 Å². The standard InChI is InChI=1S/C15H14BrNO/c16-13-5-6-14(17-10-13)9-15(18)7-11-3-1-2-4-12(11)8-15/h1-6,10,18H,7-9H2. The lowest BCUT2D eigenvalue weighted by atomic mass is 9.94. The highest BCUT2D eigenvalue weighted by molar-refractivity contribution is 9.10. The molecule has 2 nitrogen and oxygen atoms in total. The van der Waals surface area contributed by atoms with Crippen LogP contribution in [0.25, 0.3) is 0 Å². The van der Waals surface area contributed by atoms with Crippen molar-refractivity contribution < 1.29 is 5.11 Å². The lowest BCUT2D eigenvalue weighted by Gasteiger charge is -2.21. The monoisotopic (exact) mass is 303 g/mol. The molecular weight excluding hydrogens is 290 g/mol. The second-order valence-electron chi connectivity index (χ2n) is 4.99. The molecule has 0 aliphatic heterocycles. The largest absolute Gasteiger partial charge is 0.389 e. The maximum absolute atomic E-state index is 10.7. The van der Waals surface area contributed by atoms with Gasteiger partial charge in [0, 0.05) is 35.6 Å². The van der Waals surface area contributed by atoms with Crippen LogP contribution in [0.1, 0.15) is 16.8 Å². The third kappa shape index (κ3) is 2.33. The van der Waals surface area contributed by atoms with Gasteiger partial charge in [0.05, 0.1) is 5.60 Å². The van der Waals surface area contributed by atoms with Gasteiger partial charge in [0.1, 0.15) is 0 Å². The Kier molecular flexibility index (Phi) is 2.96. The second kappa shape index (κ2) is 4.48. The molecule has 2 aromatic rings. The molecule has 0 unspecified atom stereocenters. The molecular formula is C15H14BrNO. The van der Waals surface area contributed by atoms with Gasteiger partial charge in [0.2, 0.25) is 0 Å². The van der Waals surface area contributed by atoms with Crippen LogP contribution in [0.4, 0.5) is 0 Å². The van der Waals surface area contributed by atoms with Gasteiger partial charge in [-0.05, 0) is 39.2 Å². The number of hydrogen-bond acceptors (Lipinski definition) is 2. The maximum atomic E-state index is 10.7. The Morgan fingerprint density at radius 3 is 2.33 bits per heavy atom. The van der Waals surface area contributed by atoms with E-state index in [2.05, 4.69) is 33.0 Å². The first-order valence-corrected chi connectivity index (χ1v) is 6.84. The van der Waals surface area contributed by atoms with E-state index < -0.39 is 5.60 Å². The fourth-order valence-electron chi connectivity index (χ4n) is 2.65. The van der Waals surface area contributed by atoms with Crippen molar-refractivity contribution in [2.75, 3.05) is 0 Å². The van der Waals surface area contributed by atoms with E-state index in [-0.39, 0.29) is 0 Å². The van der Waals surface area contributed by atoms with Crippen LogP contribution in [0, 0.1) is 0 Å². The highest BCUT2D eigenvalue weighted by Gasteiger charge is 2.35. The SMILES string of the molecule is OC1(Cc2ccc(Br)cn2)Cc2ccccc2C1. The summed E-state index contributed by atoms with van der Waals surface area (Å²) in [7, 11) is 0. The molecule has 3 rings (SSSR count). The molecule has 0 radical (unpaired) electrons. The van der Waals surface area contributed by atoms with Gasteiger partial charge in [-0.1, -0.05) is 24.3 Å². The molecule has 0 spiro atoms. The van der Waals surface area contributed by atoms with Crippen LogP contribution in [-0.4, -0.2) is 15.7 Å². The molecule has 0 fully saturated rings. The Morgan fingerprint density at radius 1 is 1.11 bits per heavy atom. The molecule has 1 aromatic heterocycles. The van der Waals surface area contributed by atoms with Crippen molar-refractivity contribution in [2.24, 2.45) is 0 Å². The van der Waals surface area contributed by atoms with Gasteiger partial charge in [0.25, 0.3) is 0 Å². The van der Waals surface area contributed by atoms with Gasteiger partial charge in [-0.2, -0.15) is 0 Å². The zero-order chi connectivity index (χ0) is 12.6. The molecule has 0 saturated heterocycles. The quantitative estimate of drug-likeness (QED) is 0.925. The first kappa shape index (κ1) is 11.9. The van der Waals surface area contributed by atoms with E-state index in [0.29, 0.717) is 6.42 Å². The summed E-state index contributed by atoms with van der Waals surface area (Å²) >= 11 is 3.37. The molecule has 0 amide bonds. The van der Waals surface area contributed by atoms with Crippen molar-refractivity contribution in [3.8, 4) is 0 Å². The summed E-state index contributed by atoms with van der Waals surface area (Å²) in [5, 5.41) is 10.7. The highest BCUT2D eigenvalue weighted by atomic mass is 79.9. The van der Waals surface area contributed by atoms with Gasteiger partial charge in [0.15, 0.2) is 0 Å². The molecule has 0 atom stereocenters. The Morgan fingerprint density at radius 2 is 1.78 bits per heavy atom. The van der Waals surface area contributed by atoms with Crippen molar-refractivity contribution in [1.82, 2.24) is 4.98 Å². The van der Waals surface area contributed by atoms with Crippen LogP contribution in [0.5, 0.6) is 0 Å². The van der Waals surface area contributed by atoms with E-state index in [4.69, 9.17) is 0 Å². The zero-order valence-electron chi connectivity index (χ0n) is 9.94. The normalized spacial score (nSPS) is 16.6. The zero-order valence-corrected chi connectivity index (χ0v) is 11.5. The van der Waals surface area contributed by atoms with Crippen LogP contribution in [-0.2, 0) is 19.3 Å². The number of pyridine rings is 1. The molecule has 1 aromatic carbocycles. The molecule has 1 heterocycles. The van der Waals surface area contributed by atoms with E-state index in [9.17, 15) is 5.11 Å². The fraction of sp³-hybridized carbons (Fsp3) is 0.267. The summed E-state index contributed by atoms with van der Waals surface area (Å²) in [6.07, 6.45) is 3.83. The van der Waals surface area contributed by atoms with Gasteiger partial charge in [-0.15, -0.1) is 0 Å². The molecule has 0 bridgehead atoms. The molecule has 92 valence electrons. The number of benzene rings is 1. The predicted molar refractivity (Wildman–Crippen MR) is 74.4 cm³/mol. The number of aromatic nitrogens is 1. The first-order valence-electron chi connectivity index (χ1n) is 6.04. The Hall–Kier alpha value is -1.19. The number of aliphatic hydroxyl groups is 1. The number of nitrogens with zero attached hydrogens (tertiary/aromatic N) is 1. The minimum absolute atomic E-state index is 0.606. The summed E-state index contributed by atoms with van der Waals surface area (Å²) in [6, 6.07) is 12.2. The van der Waals surface area contributed by atoms with E-state index in [1.165, 1.54) is 11.1 Å². The van der Waals surface area contributed by atoms with Crippen molar-refractivity contribution in [3.63, 3.8) is 0 Å². The third-order valence-corrected chi connectivity index (χ3v) is 3.93. The summed E-state index contributed by atoms with van der Waals surface area (Å²) in [5.74, 6) is 0. The summed E-state index contributed by atoms with van der Waals surface area (Å²) in [6.45, 7) is 0. The van der Waals surface area contributed by atoms with Gasteiger partial charge >= 0.3 is 0 Å². The van der Waals surface area contributed by atoms with Crippen molar-refractivity contribution in [3.05, 3.63) is 63.9 Å². The Bertz CT molecular complexity index is 540. The van der Waals surface area contributed by atoms with E-state index in [0.717, 1.165) is 23.0 Å². The topological polar surface area (TPSA) is 33.1 Å². The molecule has 0 saturated carbocycles. The lowest BCUT2D eigenvalue weighted by molar-refractivity contribution is 0.0508. The Labute approximate surface area is 115 Å². The van der Waals surface area contributed by atoms with Gasteiger partial charge < -0.3 is 5.11 Å². The average molecular weight is 304 g/mol. The third-order valence-electron chi connectivity index (χ3n) is 3.46. The van der Waals surface area contributed by atoms with Crippen LogP contribution in [0.3, 0.4) is 0 Å². The highest BCUT2D eigenvalue weighted by Crippen LogP contribution is 2.32.